The van der Waals surface area contributed by atoms with Crippen LogP contribution in [0.2, 0.25) is 0 Å². The Bertz CT molecular complexity index is 1800. The van der Waals surface area contributed by atoms with E-state index in [1.165, 1.54) is 20.2 Å². The molecule has 0 spiro atoms. The molecule has 160 valence electrons. The van der Waals surface area contributed by atoms with Crippen LogP contribution in [0.5, 0.6) is 0 Å². The van der Waals surface area contributed by atoms with Gasteiger partial charge in [-0.25, -0.2) is 9.97 Å². The van der Waals surface area contributed by atoms with Crippen molar-refractivity contribution in [3.63, 3.8) is 0 Å². The molecule has 0 N–H and O–H groups in total. The van der Waals surface area contributed by atoms with Crippen LogP contribution in [-0.2, 0) is 0 Å². The standard InChI is InChI=1S/C30H19N3S/c1-3-10-20(11-4-1)25-18-19-26-30(31-25)33(21-12-5-2-6-13-21)29(32-26)24-16-9-15-23-22-14-7-8-17-27(22)34-28(23)24/h1-19H. The van der Waals surface area contributed by atoms with E-state index in [0.29, 0.717) is 0 Å². The maximum Gasteiger partial charge on any atom is 0.165 e. The SMILES string of the molecule is c1ccc(-c2ccc3nc(-c4cccc5c4sc4ccccc45)n(-c4ccccc4)c3n2)cc1. The highest BCUT2D eigenvalue weighted by Gasteiger charge is 2.19. The molecule has 7 rings (SSSR count). The first-order valence-corrected chi connectivity index (χ1v) is 12.1. The molecule has 34 heavy (non-hydrogen) atoms. The fraction of sp³-hybridized carbons (Fsp3) is 0. The van der Waals surface area contributed by atoms with E-state index in [1.54, 1.807) is 0 Å². The maximum absolute atomic E-state index is 5.12. The van der Waals surface area contributed by atoms with E-state index in [2.05, 4.69) is 95.6 Å². The minimum absolute atomic E-state index is 0.862. The third-order valence-electron chi connectivity index (χ3n) is 6.23. The fourth-order valence-electron chi connectivity index (χ4n) is 4.65. The molecule has 0 bridgehead atoms. The van der Waals surface area contributed by atoms with Crippen molar-refractivity contribution in [2.75, 3.05) is 0 Å². The Morgan fingerprint density at radius 1 is 0.588 bits per heavy atom. The number of hydrogen-bond donors (Lipinski definition) is 0. The van der Waals surface area contributed by atoms with Crippen LogP contribution in [0.1, 0.15) is 0 Å². The second-order valence-electron chi connectivity index (χ2n) is 8.29. The van der Waals surface area contributed by atoms with Gasteiger partial charge in [0.15, 0.2) is 5.65 Å². The van der Waals surface area contributed by atoms with E-state index >= 15 is 0 Å². The molecule has 3 aromatic heterocycles. The average Bonchev–Trinajstić information content (AvgIpc) is 3.48. The van der Waals surface area contributed by atoms with Crippen molar-refractivity contribution in [3.05, 3.63) is 115 Å². The first-order valence-electron chi connectivity index (χ1n) is 11.3. The van der Waals surface area contributed by atoms with Gasteiger partial charge in [-0.2, -0.15) is 0 Å². The maximum atomic E-state index is 5.12. The zero-order valence-electron chi connectivity index (χ0n) is 18.2. The highest BCUT2D eigenvalue weighted by Crippen LogP contribution is 2.40. The second kappa shape index (κ2) is 7.65. The van der Waals surface area contributed by atoms with Crippen LogP contribution in [-0.4, -0.2) is 14.5 Å². The molecule has 0 fully saturated rings. The van der Waals surface area contributed by atoms with E-state index in [9.17, 15) is 0 Å². The average molecular weight is 454 g/mol. The number of pyridine rings is 1. The smallest absolute Gasteiger partial charge is 0.165 e. The molecule has 0 radical (unpaired) electrons. The van der Waals surface area contributed by atoms with Gasteiger partial charge in [0, 0.05) is 37.0 Å². The molecule has 3 nitrogen and oxygen atoms in total. The minimum Gasteiger partial charge on any atom is -0.277 e. The minimum atomic E-state index is 0.862. The summed E-state index contributed by atoms with van der Waals surface area (Å²) < 4.78 is 4.73. The zero-order chi connectivity index (χ0) is 22.5. The number of aromatic nitrogens is 3. The zero-order valence-corrected chi connectivity index (χ0v) is 19.0. The molecule has 0 aliphatic heterocycles. The van der Waals surface area contributed by atoms with Gasteiger partial charge in [0.1, 0.15) is 11.3 Å². The molecule has 7 aromatic rings. The van der Waals surface area contributed by atoms with Crippen molar-refractivity contribution in [2.24, 2.45) is 0 Å². The van der Waals surface area contributed by atoms with Crippen molar-refractivity contribution in [3.8, 4) is 28.3 Å². The van der Waals surface area contributed by atoms with Gasteiger partial charge in [0.05, 0.1) is 5.69 Å². The van der Waals surface area contributed by atoms with Crippen molar-refractivity contribution in [1.29, 1.82) is 0 Å². The summed E-state index contributed by atoms with van der Waals surface area (Å²) in [6.07, 6.45) is 0. The quantitative estimate of drug-likeness (QED) is 0.270. The molecule has 0 unspecified atom stereocenters. The van der Waals surface area contributed by atoms with E-state index < -0.39 is 0 Å². The lowest BCUT2D eigenvalue weighted by Gasteiger charge is -2.10. The summed E-state index contributed by atoms with van der Waals surface area (Å²) in [4.78, 5) is 10.2. The number of para-hydroxylation sites is 1. The van der Waals surface area contributed by atoms with Gasteiger partial charge in [0.2, 0.25) is 0 Å². The number of benzene rings is 4. The van der Waals surface area contributed by atoms with Crippen molar-refractivity contribution < 1.29 is 0 Å². The lowest BCUT2D eigenvalue weighted by Crippen LogP contribution is -1.99. The van der Waals surface area contributed by atoms with Crippen molar-refractivity contribution >= 4 is 42.7 Å². The normalized spacial score (nSPS) is 11.5. The lowest BCUT2D eigenvalue weighted by atomic mass is 10.1. The Balaban J connectivity index is 1.56. The third kappa shape index (κ3) is 2.96. The van der Waals surface area contributed by atoms with Crippen molar-refractivity contribution in [2.45, 2.75) is 0 Å². The van der Waals surface area contributed by atoms with Crippen molar-refractivity contribution in [1.82, 2.24) is 14.5 Å². The Morgan fingerprint density at radius 3 is 2.18 bits per heavy atom. The fourth-order valence-corrected chi connectivity index (χ4v) is 5.86. The number of imidazole rings is 1. The molecular weight excluding hydrogens is 434 g/mol. The van der Waals surface area contributed by atoms with Crippen LogP contribution in [0.25, 0.3) is 59.7 Å². The van der Waals surface area contributed by atoms with Crippen LogP contribution >= 0.6 is 11.3 Å². The second-order valence-corrected chi connectivity index (χ2v) is 9.34. The predicted octanol–water partition coefficient (Wildman–Crippen LogP) is 8.12. The summed E-state index contributed by atoms with van der Waals surface area (Å²) >= 11 is 1.82. The number of rotatable bonds is 3. The number of thiophene rings is 1. The molecule has 0 amide bonds. The topological polar surface area (TPSA) is 30.7 Å². The summed E-state index contributed by atoms with van der Waals surface area (Å²) in [5.41, 5.74) is 5.96. The molecule has 3 heterocycles. The van der Waals surface area contributed by atoms with E-state index in [4.69, 9.17) is 9.97 Å². The summed E-state index contributed by atoms with van der Waals surface area (Å²) in [6.45, 7) is 0. The van der Waals surface area contributed by atoms with Gasteiger partial charge in [-0.1, -0.05) is 78.9 Å². The monoisotopic (exact) mass is 453 g/mol. The van der Waals surface area contributed by atoms with Gasteiger partial charge < -0.3 is 0 Å². The molecular formula is C30H19N3S. The van der Waals surface area contributed by atoms with E-state index in [-0.39, 0.29) is 0 Å². The highest BCUT2D eigenvalue weighted by molar-refractivity contribution is 7.26. The number of nitrogens with zero attached hydrogens (tertiary/aromatic N) is 3. The Hall–Kier alpha value is -4.28. The summed E-state index contributed by atoms with van der Waals surface area (Å²) in [5.74, 6) is 0.913. The van der Waals surface area contributed by atoms with E-state index in [0.717, 1.165) is 39.5 Å². The first kappa shape index (κ1) is 19.2. The Labute approximate surface area is 200 Å². The Kier molecular flexibility index (Phi) is 4.32. The summed E-state index contributed by atoms with van der Waals surface area (Å²) in [7, 11) is 0. The van der Waals surface area contributed by atoms with Crippen LogP contribution in [0, 0.1) is 0 Å². The lowest BCUT2D eigenvalue weighted by molar-refractivity contribution is 1.08. The molecule has 4 heteroatoms. The molecule has 0 saturated carbocycles. The molecule has 4 aromatic carbocycles. The van der Waals surface area contributed by atoms with Gasteiger partial charge in [-0.3, -0.25) is 4.57 Å². The third-order valence-corrected chi connectivity index (χ3v) is 7.45. The van der Waals surface area contributed by atoms with E-state index in [1.807, 2.05) is 35.6 Å². The first-order chi connectivity index (χ1) is 16.9. The molecule has 0 atom stereocenters. The van der Waals surface area contributed by atoms with Crippen LogP contribution < -0.4 is 0 Å². The van der Waals surface area contributed by atoms with Gasteiger partial charge in [0.25, 0.3) is 0 Å². The van der Waals surface area contributed by atoms with Gasteiger partial charge >= 0.3 is 0 Å². The Morgan fingerprint density at radius 2 is 1.32 bits per heavy atom. The van der Waals surface area contributed by atoms with Crippen LogP contribution in [0.4, 0.5) is 0 Å². The van der Waals surface area contributed by atoms with Crippen LogP contribution in [0.15, 0.2) is 115 Å². The largest absolute Gasteiger partial charge is 0.277 e. The predicted molar refractivity (Wildman–Crippen MR) is 143 cm³/mol. The summed E-state index contributed by atoms with van der Waals surface area (Å²) in [5, 5.41) is 2.55. The number of fused-ring (bicyclic) bond motifs is 4. The molecule has 0 aliphatic carbocycles. The molecule has 0 aliphatic rings. The number of hydrogen-bond acceptors (Lipinski definition) is 3. The van der Waals surface area contributed by atoms with Gasteiger partial charge in [-0.15, -0.1) is 11.3 Å². The van der Waals surface area contributed by atoms with Gasteiger partial charge in [-0.05, 0) is 36.4 Å². The summed E-state index contributed by atoms with van der Waals surface area (Å²) in [6, 6.07) is 40.0. The highest BCUT2D eigenvalue weighted by atomic mass is 32.1. The molecule has 0 saturated heterocycles. The van der Waals surface area contributed by atoms with Crippen LogP contribution in [0.3, 0.4) is 0 Å².